The molecule has 72 valence electrons. The molecule has 1 heterocycles. The second-order valence-corrected chi connectivity index (χ2v) is 4.70. The highest BCUT2D eigenvalue weighted by atomic mass is 79.9. The van der Waals surface area contributed by atoms with Crippen molar-refractivity contribution in [1.29, 1.82) is 0 Å². The van der Waals surface area contributed by atoms with Gasteiger partial charge in [-0.05, 0) is 12.5 Å². The van der Waals surface area contributed by atoms with Gasteiger partial charge in [0.15, 0.2) is 0 Å². The van der Waals surface area contributed by atoms with Crippen molar-refractivity contribution in [2.45, 2.75) is 37.9 Å². The summed E-state index contributed by atoms with van der Waals surface area (Å²) in [5.74, 6) is 0.438. The van der Waals surface area contributed by atoms with Crippen LogP contribution in [0.15, 0.2) is 12.4 Å². The first-order valence-corrected chi connectivity index (χ1v) is 5.51. The van der Waals surface area contributed by atoms with Gasteiger partial charge >= 0.3 is 0 Å². The van der Waals surface area contributed by atoms with Gasteiger partial charge in [0.1, 0.15) is 6.33 Å². The third-order valence-electron chi connectivity index (χ3n) is 2.26. The third kappa shape index (κ3) is 2.76. The maximum atomic E-state index is 4.27. The van der Waals surface area contributed by atoms with Gasteiger partial charge in [-0.3, -0.25) is 0 Å². The summed E-state index contributed by atoms with van der Waals surface area (Å²) in [6.07, 6.45) is 2.62. The quantitative estimate of drug-likeness (QED) is 0.763. The topological polar surface area (TPSA) is 25.8 Å². The van der Waals surface area contributed by atoms with Gasteiger partial charge in [-0.25, -0.2) is 9.97 Å². The Morgan fingerprint density at radius 2 is 2.08 bits per heavy atom. The fourth-order valence-electron chi connectivity index (χ4n) is 1.09. The Morgan fingerprint density at radius 3 is 2.62 bits per heavy atom. The number of aromatic nitrogens is 2. The number of rotatable bonds is 3. The average Bonchev–Trinajstić information content (AvgIpc) is 2.16. The molecule has 0 saturated carbocycles. The zero-order chi connectivity index (χ0) is 9.84. The molecular weight excluding hydrogens is 228 g/mol. The molecule has 1 rings (SSSR count). The van der Waals surface area contributed by atoms with Crippen LogP contribution in [0.25, 0.3) is 0 Å². The highest BCUT2D eigenvalue weighted by molar-refractivity contribution is 9.09. The van der Waals surface area contributed by atoms with Crippen LogP contribution in [-0.4, -0.2) is 14.8 Å². The van der Waals surface area contributed by atoms with Crippen LogP contribution < -0.4 is 0 Å². The van der Waals surface area contributed by atoms with Crippen LogP contribution in [0.2, 0.25) is 0 Å². The Hall–Kier alpha value is -0.440. The molecule has 0 radical (unpaired) electrons. The van der Waals surface area contributed by atoms with Gasteiger partial charge < -0.3 is 0 Å². The molecule has 0 bridgehead atoms. The van der Waals surface area contributed by atoms with Gasteiger partial charge in [-0.2, -0.15) is 0 Å². The molecule has 3 heteroatoms. The lowest BCUT2D eigenvalue weighted by atomic mass is 10.0. The summed E-state index contributed by atoms with van der Waals surface area (Å²) in [5.41, 5.74) is 2.24. The van der Waals surface area contributed by atoms with E-state index in [0.717, 1.165) is 17.8 Å². The number of nitrogens with zero attached hydrogens (tertiary/aromatic N) is 2. The molecule has 0 aliphatic heterocycles. The predicted octanol–water partition coefficient (Wildman–Crippen LogP) is 2.93. The Labute approximate surface area is 87.9 Å². The summed E-state index contributed by atoms with van der Waals surface area (Å²) < 4.78 is 0. The van der Waals surface area contributed by atoms with E-state index < -0.39 is 0 Å². The maximum absolute atomic E-state index is 4.27. The zero-order valence-electron chi connectivity index (χ0n) is 8.29. The molecule has 1 aromatic heterocycles. The van der Waals surface area contributed by atoms with Gasteiger partial charge in [0.05, 0.1) is 0 Å². The number of hydrogen-bond donors (Lipinski definition) is 0. The largest absolute Gasteiger partial charge is 0.241 e. The van der Waals surface area contributed by atoms with Crippen LogP contribution in [0, 0.1) is 0 Å². The van der Waals surface area contributed by atoms with E-state index in [2.05, 4.69) is 52.7 Å². The van der Waals surface area contributed by atoms with E-state index in [1.807, 2.05) is 0 Å². The molecule has 0 saturated heterocycles. The zero-order valence-corrected chi connectivity index (χ0v) is 9.87. The Morgan fingerprint density at radius 1 is 1.38 bits per heavy atom. The maximum Gasteiger partial charge on any atom is 0.115 e. The molecule has 0 N–H and O–H groups in total. The normalized spacial score (nSPS) is 15.4. The monoisotopic (exact) mass is 242 g/mol. The molecule has 0 fully saturated rings. The fraction of sp³-hybridized carbons (Fsp3) is 0.600. The minimum atomic E-state index is 0.438. The summed E-state index contributed by atoms with van der Waals surface area (Å²) in [6.45, 7) is 6.41. The lowest BCUT2D eigenvalue weighted by molar-refractivity contribution is 0.724. The molecule has 1 aromatic rings. The van der Waals surface area contributed by atoms with Crippen molar-refractivity contribution in [2.24, 2.45) is 0 Å². The molecule has 13 heavy (non-hydrogen) atoms. The summed E-state index contributed by atoms with van der Waals surface area (Å²) >= 11 is 3.56. The van der Waals surface area contributed by atoms with Crippen LogP contribution in [-0.2, 0) is 6.42 Å². The highest BCUT2D eigenvalue weighted by Gasteiger charge is 2.12. The second-order valence-electron chi connectivity index (χ2n) is 3.25. The summed E-state index contributed by atoms with van der Waals surface area (Å²) in [6, 6.07) is 2.09. The van der Waals surface area contributed by atoms with Crippen molar-refractivity contribution < 1.29 is 0 Å². The van der Waals surface area contributed by atoms with E-state index in [4.69, 9.17) is 0 Å². The molecule has 0 aliphatic carbocycles. The molecular formula is C10H15BrN2. The molecule has 2 atom stereocenters. The van der Waals surface area contributed by atoms with Gasteiger partial charge in [0.2, 0.25) is 0 Å². The lowest BCUT2D eigenvalue weighted by Crippen LogP contribution is -2.07. The van der Waals surface area contributed by atoms with Gasteiger partial charge in [0.25, 0.3) is 0 Å². The van der Waals surface area contributed by atoms with E-state index in [9.17, 15) is 0 Å². The summed E-state index contributed by atoms with van der Waals surface area (Å²) in [7, 11) is 0. The molecule has 0 aromatic carbocycles. The number of aryl methyl sites for hydroxylation is 1. The minimum absolute atomic E-state index is 0.438. The first-order valence-electron chi connectivity index (χ1n) is 4.60. The Kier molecular flexibility index (Phi) is 3.85. The van der Waals surface area contributed by atoms with Crippen LogP contribution >= 0.6 is 15.9 Å². The summed E-state index contributed by atoms with van der Waals surface area (Å²) in [4.78, 5) is 8.89. The summed E-state index contributed by atoms with van der Waals surface area (Å²) in [5, 5.41) is 0. The molecule has 2 unspecified atom stereocenters. The van der Waals surface area contributed by atoms with Gasteiger partial charge in [0, 0.05) is 22.1 Å². The van der Waals surface area contributed by atoms with Crippen LogP contribution in [0.4, 0.5) is 0 Å². The smallest absolute Gasteiger partial charge is 0.115 e. The average molecular weight is 243 g/mol. The van der Waals surface area contributed by atoms with E-state index >= 15 is 0 Å². The van der Waals surface area contributed by atoms with Crippen molar-refractivity contribution in [1.82, 2.24) is 9.97 Å². The Balaban J connectivity index is 2.88. The van der Waals surface area contributed by atoms with Crippen molar-refractivity contribution in [3.63, 3.8) is 0 Å². The first kappa shape index (κ1) is 10.6. The molecule has 0 amide bonds. The molecule has 0 aliphatic rings. The van der Waals surface area contributed by atoms with Crippen LogP contribution in [0.1, 0.15) is 38.1 Å². The van der Waals surface area contributed by atoms with Crippen molar-refractivity contribution in [2.75, 3.05) is 0 Å². The van der Waals surface area contributed by atoms with Crippen LogP contribution in [0.5, 0.6) is 0 Å². The minimum Gasteiger partial charge on any atom is -0.241 e. The molecule has 0 spiro atoms. The van der Waals surface area contributed by atoms with Gasteiger partial charge in [-0.15, -0.1) is 0 Å². The lowest BCUT2D eigenvalue weighted by Gasteiger charge is -2.13. The van der Waals surface area contributed by atoms with Crippen molar-refractivity contribution in [3.05, 3.63) is 23.8 Å². The fourth-order valence-corrected chi connectivity index (χ4v) is 1.36. The highest BCUT2D eigenvalue weighted by Crippen LogP contribution is 2.22. The Bertz CT molecular complexity index is 273. The number of halogens is 1. The van der Waals surface area contributed by atoms with Crippen molar-refractivity contribution in [3.8, 4) is 0 Å². The van der Waals surface area contributed by atoms with E-state index in [1.165, 1.54) is 0 Å². The standard InChI is InChI=1S/C10H15BrN2/c1-4-9-5-10(13-6-12-9)7(2)8(3)11/h5-8H,4H2,1-3H3. The third-order valence-corrected chi connectivity index (χ3v) is 3.06. The first-order chi connectivity index (χ1) is 6.15. The predicted molar refractivity (Wildman–Crippen MR) is 58.2 cm³/mol. The van der Waals surface area contributed by atoms with Crippen LogP contribution in [0.3, 0.4) is 0 Å². The molecule has 2 nitrogen and oxygen atoms in total. The second kappa shape index (κ2) is 4.70. The van der Waals surface area contributed by atoms with Crippen molar-refractivity contribution >= 4 is 15.9 Å². The van der Waals surface area contributed by atoms with Gasteiger partial charge in [-0.1, -0.05) is 36.7 Å². The van der Waals surface area contributed by atoms with E-state index in [-0.39, 0.29) is 0 Å². The van der Waals surface area contributed by atoms with E-state index in [1.54, 1.807) is 6.33 Å². The van der Waals surface area contributed by atoms with E-state index in [0.29, 0.717) is 10.7 Å². The SMILES string of the molecule is CCc1cc(C(C)C(C)Br)ncn1. The number of alkyl halides is 1. The number of hydrogen-bond acceptors (Lipinski definition) is 2.